The zero-order chi connectivity index (χ0) is 8.27. The molecule has 56 valence electrons. The number of pyridine rings is 1. The van der Waals surface area contributed by atoms with Gasteiger partial charge >= 0.3 is 0 Å². The second-order valence-electron chi connectivity index (χ2n) is 1.96. The maximum atomic E-state index is 8.93. The number of nitriles is 1. The predicted octanol–water partition coefficient (Wildman–Crippen LogP) is 1.51. The molecule has 0 bridgehead atoms. The summed E-state index contributed by atoms with van der Waals surface area (Å²) in [6, 6.07) is 3.40. The lowest BCUT2D eigenvalue weighted by Crippen LogP contribution is -1.86. The van der Waals surface area contributed by atoms with Crippen LogP contribution in [-0.4, -0.2) is 10.1 Å². The second-order valence-corrected chi connectivity index (χ2v) is 2.37. The highest BCUT2D eigenvalue weighted by Gasteiger charge is 1.99. The van der Waals surface area contributed by atoms with E-state index in [-0.39, 0.29) is 17.2 Å². The van der Waals surface area contributed by atoms with E-state index in [1.807, 2.05) is 6.07 Å². The summed E-state index contributed by atoms with van der Waals surface area (Å²) in [7, 11) is 0. The van der Waals surface area contributed by atoms with Crippen LogP contribution in [0.3, 0.4) is 0 Å². The van der Waals surface area contributed by atoms with Crippen LogP contribution in [-0.2, 0) is 6.42 Å². The average molecular weight is 169 g/mol. The van der Waals surface area contributed by atoms with Gasteiger partial charge in [0.1, 0.15) is 0 Å². The van der Waals surface area contributed by atoms with Crippen LogP contribution < -0.4 is 0 Å². The Hall–Kier alpha value is -1.27. The molecular weight excluding hydrogens is 164 g/mol. The summed E-state index contributed by atoms with van der Waals surface area (Å²) in [5.74, 6) is -0.0617. The fourth-order valence-electron chi connectivity index (χ4n) is 0.641. The van der Waals surface area contributed by atoms with Crippen molar-refractivity contribution in [3.8, 4) is 11.8 Å². The molecule has 1 rings (SSSR count). The monoisotopic (exact) mass is 168 g/mol. The van der Waals surface area contributed by atoms with E-state index < -0.39 is 0 Å². The number of hydrogen-bond acceptors (Lipinski definition) is 3. The van der Waals surface area contributed by atoms with E-state index in [0.717, 1.165) is 0 Å². The molecule has 1 heterocycles. The van der Waals surface area contributed by atoms with Gasteiger partial charge in [-0.05, 0) is 6.07 Å². The van der Waals surface area contributed by atoms with Gasteiger partial charge in [-0.1, -0.05) is 11.6 Å². The Kier molecular flexibility index (Phi) is 2.29. The molecule has 1 aromatic heterocycles. The number of aromatic hydroxyl groups is 1. The smallest absolute Gasteiger partial charge is 0.152 e. The normalized spacial score (nSPS) is 9.09. The van der Waals surface area contributed by atoms with E-state index in [4.69, 9.17) is 22.0 Å². The van der Waals surface area contributed by atoms with Gasteiger partial charge in [0, 0.05) is 0 Å². The van der Waals surface area contributed by atoms with E-state index in [0.29, 0.717) is 5.69 Å². The lowest BCUT2D eigenvalue weighted by molar-refractivity contribution is 0.472. The van der Waals surface area contributed by atoms with Gasteiger partial charge in [0.2, 0.25) is 0 Å². The van der Waals surface area contributed by atoms with Gasteiger partial charge in [-0.15, -0.1) is 0 Å². The Morgan fingerprint density at radius 3 is 3.00 bits per heavy atom. The van der Waals surface area contributed by atoms with Crippen molar-refractivity contribution < 1.29 is 5.11 Å². The second kappa shape index (κ2) is 3.22. The minimum Gasteiger partial charge on any atom is -0.505 e. The summed E-state index contributed by atoms with van der Waals surface area (Å²) in [5.41, 5.74) is 0.565. The first-order valence-electron chi connectivity index (χ1n) is 2.94. The van der Waals surface area contributed by atoms with Gasteiger partial charge in [-0.2, -0.15) is 5.26 Å². The summed E-state index contributed by atoms with van der Waals surface area (Å²) in [4.78, 5) is 3.77. The zero-order valence-electron chi connectivity index (χ0n) is 5.58. The molecule has 0 spiro atoms. The van der Waals surface area contributed by atoms with Crippen molar-refractivity contribution in [3.63, 3.8) is 0 Å². The highest BCUT2D eigenvalue weighted by atomic mass is 35.5. The molecule has 1 aromatic rings. The molecule has 0 amide bonds. The number of nitrogens with zero attached hydrogens (tertiary/aromatic N) is 2. The molecule has 0 radical (unpaired) electrons. The lowest BCUT2D eigenvalue weighted by Gasteiger charge is -1.96. The first-order valence-corrected chi connectivity index (χ1v) is 3.32. The maximum absolute atomic E-state index is 8.93. The summed E-state index contributed by atoms with van der Waals surface area (Å²) in [6.45, 7) is 0. The van der Waals surface area contributed by atoms with Crippen molar-refractivity contribution >= 4 is 11.6 Å². The van der Waals surface area contributed by atoms with Crippen molar-refractivity contribution in [1.29, 1.82) is 5.26 Å². The summed E-state index contributed by atoms with van der Waals surface area (Å²) >= 11 is 5.55. The fraction of sp³-hybridized carbons (Fsp3) is 0.143. The molecule has 4 heteroatoms. The fourth-order valence-corrected chi connectivity index (χ4v) is 0.816. The quantitative estimate of drug-likeness (QED) is 0.692. The third kappa shape index (κ3) is 1.82. The first-order chi connectivity index (χ1) is 5.24. The van der Waals surface area contributed by atoms with Crippen molar-refractivity contribution in [2.75, 3.05) is 0 Å². The Morgan fingerprint density at radius 1 is 1.73 bits per heavy atom. The average Bonchev–Trinajstić information content (AvgIpc) is 1.98. The SMILES string of the molecule is N#CCc1cc(Cl)c(O)cn1. The van der Waals surface area contributed by atoms with E-state index >= 15 is 0 Å². The number of halogens is 1. The van der Waals surface area contributed by atoms with Crippen LogP contribution in [0.25, 0.3) is 0 Å². The Morgan fingerprint density at radius 2 is 2.45 bits per heavy atom. The van der Waals surface area contributed by atoms with Crippen LogP contribution in [0.4, 0.5) is 0 Å². The highest BCUT2D eigenvalue weighted by Crippen LogP contribution is 2.21. The van der Waals surface area contributed by atoms with E-state index in [1.165, 1.54) is 12.3 Å². The number of aromatic nitrogens is 1. The molecule has 0 aromatic carbocycles. The zero-order valence-corrected chi connectivity index (χ0v) is 6.34. The van der Waals surface area contributed by atoms with Crippen LogP contribution in [0.2, 0.25) is 5.02 Å². The number of rotatable bonds is 1. The van der Waals surface area contributed by atoms with Gasteiger partial charge in [0.15, 0.2) is 5.75 Å². The van der Waals surface area contributed by atoms with Crippen molar-refractivity contribution in [2.45, 2.75) is 6.42 Å². The van der Waals surface area contributed by atoms with E-state index in [2.05, 4.69) is 4.98 Å². The molecular formula is C7H5ClN2O. The van der Waals surface area contributed by atoms with Crippen LogP contribution in [0.5, 0.6) is 5.75 Å². The largest absolute Gasteiger partial charge is 0.505 e. The maximum Gasteiger partial charge on any atom is 0.152 e. The summed E-state index contributed by atoms with van der Waals surface area (Å²) in [5, 5.41) is 17.4. The molecule has 0 aliphatic carbocycles. The molecule has 0 saturated carbocycles. The van der Waals surface area contributed by atoms with Gasteiger partial charge in [0.05, 0.1) is 29.4 Å². The minimum absolute atomic E-state index is 0.0617. The molecule has 0 saturated heterocycles. The van der Waals surface area contributed by atoms with Gasteiger partial charge in [-0.25, -0.2) is 0 Å². The Labute approximate surface area is 68.9 Å². The molecule has 0 unspecified atom stereocenters. The summed E-state index contributed by atoms with van der Waals surface area (Å²) < 4.78 is 0. The van der Waals surface area contributed by atoms with Crippen molar-refractivity contribution in [3.05, 3.63) is 23.0 Å². The van der Waals surface area contributed by atoms with Crippen LogP contribution in [0.15, 0.2) is 12.3 Å². The van der Waals surface area contributed by atoms with E-state index in [1.54, 1.807) is 0 Å². The third-order valence-electron chi connectivity index (χ3n) is 1.15. The molecule has 0 atom stereocenters. The van der Waals surface area contributed by atoms with Crippen LogP contribution in [0, 0.1) is 11.3 Å². The van der Waals surface area contributed by atoms with Gasteiger partial charge < -0.3 is 5.11 Å². The Balaban J connectivity index is 2.98. The Bertz CT molecular complexity index is 306. The van der Waals surface area contributed by atoms with Crippen LogP contribution >= 0.6 is 11.6 Å². The predicted molar refractivity (Wildman–Crippen MR) is 40.2 cm³/mol. The van der Waals surface area contributed by atoms with Gasteiger partial charge in [-0.3, -0.25) is 4.98 Å². The standard InChI is InChI=1S/C7H5ClN2O/c8-6-3-5(1-2-9)10-4-7(6)11/h3-4,11H,1H2. The third-order valence-corrected chi connectivity index (χ3v) is 1.45. The van der Waals surface area contributed by atoms with Crippen LogP contribution in [0.1, 0.15) is 5.69 Å². The molecule has 0 aliphatic rings. The van der Waals surface area contributed by atoms with Gasteiger partial charge in [0.25, 0.3) is 0 Å². The molecule has 1 N–H and O–H groups in total. The van der Waals surface area contributed by atoms with E-state index in [9.17, 15) is 0 Å². The summed E-state index contributed by atoms with van der Waals surface area (Å²) in [6.07, 6.45) is 1.44. The molecule has 0 aliphatic heterocycles. The number of hydrogen-bond donors (Lipinski definition) is 1. The minimum atomic E-state index is -0.0617. The lowest BCUT2D eigenvalue weighted by atomic mass is 10.3. The first kappa shape index (κ1) is 7.83. The molecule has 0 fully saturated rings. The highest BCUT2D eigenvalue weighted by molar-refractivity contribution is 6.31. The molecule has 11 heavy (non-hydrogen) atoms. The van der Waals surface area contributed by atoms with Crippen molar-refractivity contribution in [1.82, 2.24) is 4.98 Å². The molecule has 3 nitrogen and oxygen atoms in total. The van der Waals surface area contributed by atoms with Crippen molar-refractivity contribution in [2.24, 2.45) is 0 Å². The topological polar surface area (TPSA) is 56.9 Å².